The minimum Gasteiger partial charge on any atom is -0.449 e. The topological polar surface area (TPSA) is 72.9 Å². The van der Waals surface area contributed by atoms with Gasteiger partial charge in [-0.25, -0.2) is 13.2 Å². The molecule has 1 aliphatic rings. The van der Waals surface area contributed by atoms with E-state index in [1.807, 2.05) is 19.9 Å². The Morgan fingerprint density at radius 2 is 1.96 bits per heavy atom. The third kappa shape index (κ3) is 4.38. The first-order valence-corrected chi connectivity index (χ1v) is 10.6. The molecule has 0 bridgehead atoms. The molecule has 1 amide bonds. The zero-order chi connectivity index (χ0) is 19.2. The van der Waals surface area contributed by atoms with Gasteiger partial charge in [0.2, 0.25) is 0 Å². The number of unbranched alkanes of at least 4 members (excludes halogenated alkanes) is 1. The van der Waals surface area contributed by atoms with Gasteiger partial charge in [-0.1, -0.05) is 25.5 Å². The highest BCUT2D eigenvalue weighted by Crippen LogP contribution is 2.36. The fraction of sp³-hybridized carbons (Fsp3) is 0.632. The van der Waals surface area contributed by atoms with Crippen LogP contribution in [0.3, 0.4) is 0 Å². The average molecular weight is 384 g/mol. The van der Waals surface area contributed by atoms with Gasteiger partial charge >= 0.3 is 6.09 Å². The van der Waals surface area contributed by atoms with Gasteiger partial charge in [0, 0.05) is 20.2 Å². The van der Waals surface area contributed by atoms with E-state index in [1.165, 1.54) is 7.11 Å². The summed E-state index contributed by atoms with van der Waals surface area (Å²) in [5.41, 5.74) is 0.899. The number of piperidine rings is 1. The summed E-state index contributed by atoms with van der Waals surface area (Å²) in [5, 5.41) is 0. The molecule has 0 aliphatic carbocycles. The molecule has 1 heterocycles. The summed E-state index contributed by atoms with van der Waals surface area (Å²) < 4.78 is 36.2. The van der Waals surface area contributed by atoms with Crippen LogP contribution in [-0.4, -0.2) is 57.6 Å². The second kappa shape index (κ2) is 8.86. The van der Waals surface area contributed by atoms with Crippen LogP contribution in [0.4, 0.5) is 4.79 Å². The third-order valence-electron chi connectivity index (χ3n) is 4.93. The zero-order valence-corrected chi connectivity index (χ0v) is 16.7. The fourth-order valence-corrected chi connectivity index (χ4v) is 5.37. The number of likely N-dealkylation sites (tertiary alicyclic amines) is 1. The lowest BCUT2D eigenvalue weighted by atomic mass is 9.97. The lowest BCUT2D eigenvalue weighted by Crippen LogP contribution is -2.53. The Balaban J connectivity index is 2.16. The van der Waals surface area contributed by atoms with Crippen molar-refractivity contribution in [2.75, 3.05) is 33.4 Å². The second-order valence-corrected chi connectivity index (χ2v) is 9.24. The van der Waals surface area contributed by atoms with E-state index in [-0.39, 0.29) is 12.7 Å². The predicted molar refractivity (Wildman–Crippen MR) is 100 cm³/mol. The molecule has 1 saturated heterocycles. The SMILES string of the molecule is CCCCOC(=O)N1CCC(COC)(S(=O)(=O)c2cccc(C)c2)CC1. The van der Waals surface area contributed by atoms with Crippen molar-refractivity contribution in [1.82, 2.24) is 4.90 Å². The molecule has 1 fully saturated rings. The second-order valence-electron chi connectivity index (χ2n) is 6.89. The van der Waals surface area contributed by atoms with E-state index >= 15 is 0 Å². The number of hydrogen-bond donors (Lipinski definition) is 0. The number of nitrogens with zero attached hydrogens (tertiary/aromatic N) is 1. The Hall–Kier alpha value is -1.60. The molecular formula is C19H29NO5S. The van der Waals surface area contributed by atoms with Gasteiger partial charge in [-0.05, 0) is 43.9 Å². The van der Waals surface area contributed by atoms with Gasteiger partial charge in [0.15, 0.2) is 9.84 Å². The van der Waals surface area contributed by atoms with Gasteiger partial charge in [0.25, 0.3) is 0 Å². The summed E-state index contributed by atoms with van der Waals surface area (Å²) in [4.78, 5) is 14.0. The van der Waals surface area contributed by atoms with Crippen LogP contribution in [-0.2, 0) is 19.3 Å². The van der Waals surface area contributed by atoms with E-state index in [9.17, 15) is 13.2 Å². The molecule has 7 heteroatoms. The van der Waals surface area contributed by atoms with E-state index in [2.05, 4.69) is 0 Å². The normalized spacial score (nSPS) is 17.1. The van der Waals surface area contributed by atoms with Crippen LogP contribution >= 0.6 is 0 Å². The monoisotopic (exact) mass is 383 g/mol. The van der Waals surface area contributed by atoms with E-state index in [4.69, 9.17) is 9.47 Å². The lowest BCUT2D eigenvalue weighted by Gasteiger charge is -2.40. The van der Waals surface area contributed by atoms with Gasteiger partial charge in [-0.3, -0.25) is 0 Å². The Kier molecular flexibility index (Phi) is 7.06. The Morgan fingerprint density at radius 1 is 1.27 bits per heavy atom. The highest BCUT2D eigenvalue weighted by Gasteiger charge is 2.47. The number of amides is 1. The molecule has 0 saturated carbocycles. The molecule has 1 aliphatic heterocycles. The highest BCUT2D eigenvalue weighted by atomic mass is 32.2. The summed E-state index contributed by atoms with van der Waals surface area (Å²) >= 11 is 0. The Bertz CT molecular complexity index is 708. The maximum atomic E-state index is 13.3. The summed E-state index contributed by atoms with van der Waals surface area (Å²) in [6, 6.07) is 6.95. The van der Waals surface area contributed by atoms with Crippen LogP contribution in [0, 0.1) is 6.92 Å². The lowest BCUT2D eigenvalue weighted by molar-refractivity contribution is 0.0758. The molecule has 1 aromatic carbocycles. The molecule has 0 spiro atoms. The predicted octanol–water partition coefficient (Wildman–Crippen LogP) is 3.19. The summed E-state index contributed by atoms with van der Waals surface area (Å²) in [6.45, 7) is 5.11. The molecular weight excluding hydrogens is 354 g/mol. The van der Waals surface area contributed by atoms with Crippen molar-refractivity contribution in [2.45, 2.75) is 49.2 Å². The van der Waals surface area contributed by atoms with Crippen molar-refractivity contribution < 1.29 is 22.7 Å². The minimum absolute atomic E-state index is 0.113. The van der Waals surface area contributed by atoms with Gasteiger partial charge in [0.1, 0.15) is 4.75 Å². The third-order valence-corrected chi connectivity index (χ3v) is 7.47. The Labute approximate surface area is 156 Å². The number of ether oxygens (including phenoxy) is 2. The minimum atomic E-state index is -3.58. The van der Waals surface area contributed by atoms with Gasteiger partial charge in [-0.2, -0.15) is 0 Å². The molecule has 0 N–H and O–H groups in total. The summed E-state index contributed by atoms with van der Waals surface area (Å²) in [7, 11) is -2.07. The first-order chi connectivity index (χ1) is 12.4. The van der Waals surface area contributed by atoms with E-state index < -0.39 is 14.6 Å². The quantitative estimate of drug-likeness (QED) is 0.676. The number of aryl methyl sites for hydroxylation is 1. The van der Waals surface area contributed by atoms with Gasteiger partial charge in [0.05, 0.1) is 18.1 Å². The van der Waals surface area contributed by atoms with Crippen LogP contribution in [0.15, 0.2) is 29.2 Å². The van der Waals surface area contributed by atoms with Crippen LogP contribution in [0.5, 0.6) is 0 Å². The maximum absolute atomic E-state index is 13.3. The highest BCUT2D eigenvalue weighted by molar-refractivity contribution is 7.92. The molecule has 146 valence electrons. The molecule has 6 nitrogen and oxygen atoms in total. The molecule has 2 rings (SSSR count). The van der Waals surface area contributed by atoms with Crippen LogP contribution in [0.2, 0.25) is 0 Å². The standard InChI is InChI=1S/C19H29NO5S/c1-4-5-13-25-18(21)20-11-9-19(10-12-20,15-24-3)26(22,23)17-8-6-7-16(2)14-17/h6-8,14H,4-5,9-13,15H2,1-3H3. The van der Waals surface area contributed by atoms with Crippen molar-refractivity contribution in [2.24, 2.45) is 0 Å². The molecule has 1 aromatic rings. The van der Waals surface area contributed by atoms with Crippen LogP contribution in [0.1, 0.15) is 38.2 Å². The van der Waals surface area contributed by atoms with Crippen molar-refractivity contribution in [3.8, 4) is 0 Å². The van der Waals surface area contributed by atoms with Crippen molar-refractivity contribution in [3.05, 3.63) is 29.8 Å². The number of benzene rings is 1. The van der Waals surface area contributed by atoms with E-state index in [0.29, 0.717) is 37.4 Å². The number of sulfone groups is 1. The molecule has 26 heavy (non-hydrogen) atoms. The fourth-order valence-electron chi connectivity index (χ4n) is 3.28. The van der Waals surface area contributed by atoms with E-state index in [1.54, 1.807) is 23.1 Å². The number of carbonyl (C=O) groups is 1. The maximum Gasteiger partial charge on any atom is 0.409 e. The van der Waals surface area contributed by atoms with Crippen LogP contribution in [0.25, 0.3) is 0 Å². The van der Waals surface area contributed by atoms with Crippen LogP contribution < -0.4 is 0 Å². The van der Waals surface area contributed by atoms with E-state index in [0.717, 1.165) is 18.4 Å². The number of rotatable bonds is 7. The smallest absolute Gasteiger partial charge is 0.409 e. The first-order valence-electron chi connectivity index (χ1n) is 9.08. The molecule has 0 aromatic heterocycles. The van der Waals surface area contributed by atoms with Gasteiger partial charge in [-0.15, -0.1) is 0 Å². The number of hydrogen-bond acceptors (Lipinski definition) is 5. The zero-order valence-electron chi connectivity index (χ0n) is 15.9. The van der Waals surface area contributed by atoms with Crippen molar-refractivity contribution >= 4 is 15.9 Å². The largest absolute Gasteiger partial charge is 0.449 e. The van der Waals surface area contributed by atoms with Crippen molar-refractivity contribution in [3.63, 3.8) is 0 Å². The molecule has 0 unspecified atom stereocenters. The summed E-state index contributed by atoms with van der Waals surface area (Å²) in [5.74, 6) is 0. The average Bonchev–Trinajstić information content (AvgIpc) is 2.62. The van der Waals surface area contributed by atoms with Crippen molar-refractivity contribution in [1.29, 1.82) is 0 Å². The number of carbonyl (C=O) groups excluding carboxylic acids is 1. The van der Waals surface area contributed by atoms with Gasteiger partial charge < -0.3 is 14.4 Å². The molecule has 0 atom stereocenters. The molecule has 0 radical (unpaired) electrons. The summed E-state index contributed by atoms with van der Waals surface area (Å²) in [6.07, 6.45) is 2.09. The number of methoxy groups -OCH3 is 1. The Morgan fingerprint density at radius 3 is 2.54 bits per heavy atom. The first kappa shape index (κ1) is 20.7.